The van der Waals surface area contributed by atoms with E-state index in [2.05, 4.69) is 5.32 Å². The molecule has 0 fully saturated rings. The molecule has 0 radical (unpaired) electrons. The highest BCUT2D eigenvalue weighted by Crippen LogP contribution is 2.17. The third kappa shape index (κ3) is 2.66. The number of aryl methyl sites for hydroxylation is 1. The summed E-state index contributed by atoms with van der Waals surface area (Å²) < 4.78 is 1.96. The molecule has 2 rings (SSSR count). The third-order valence-electron chi connectivity index (χ3n) is 3.37. The second-order valence-electron chi connectivity index (χ2n) is 5.23. The van der Waals surface area contributed by atoms with Crippen LogP contribution in [-0.4, -0.2) is 27.6 Å². The van der Waals surface area contributed by atoms with Gasteiger partial charge in [-0.1, -0.05) is 13.8 Å². The maximum atomic E-state index is 12.1. The first-order valence-corrected chi connectivity index (χ1v) is 6.49. The van der Waals surface area contributed by atoms with Crippen LogP contribution in [0.15, 0.2) is 30.5 Å². The lowest BCUT2D eigenvalue weighted by Gasteiger charge is -2.17. The van der Waals surface area contributed by atoms with E-state index in [-0.39, 0.29) is 11.8 Å². The lowest BCUT2D eigenvalue weighted by Crippen LogP contribution is -2.44. The smallest absolute Gasteiger partial charge is 0.326 e. The number of amides is 1. The van der Waals surface area contributed by atoms with E-state index in [1.807, 2.05) is 29.9 Å². The molecule has 20 heavy (non-hydrogen) atoms. The molecule has 1 heterocycles. The molecule has 0 aliphatic heterocycles. The molecule has 0 aliphatic carbocycles. The van der Waals surface area contributed by atoms with Gasteiger partial charge in [0, 0.05) is 29.7 Å². The molecule has 5 heteroatoms. The molecule has 1 amide bonds. The molecule has 2 aromatic rings. The Morgan fingerprint density at radius 1 is 1.25 bits per heavy atom. The van der Waals surface area contributed by atoms with Crippen molar-refractivity contribution in [2.75, 3.05) is 0 Å². The number of carboxylic acids is 1. The van der Waals surface area contributed by atoms with E-state index < -0.39 is 12.0 Å². The average Bonchev–Trinajstić information content (AvgIpc) is 2.76. The number of carbonyl (C=O) groups is 2. The Labute approximate surface area is 117 Å². The molecule has 2 N–H and O–H groups in total. The van der Waals surface area contributed by atoms with E-state index in [9.17, 15) is 9.59 Å². The Bertz CT molecular complexity index is 658. The maximum Gasteiger partial charge on any atom is 0.326 e. The predicted molar refractivity (Wildman–Crippen MR) is 76.6 cm³/mol. The van der Waals surface area contributed by atoms with E-state index in [0.717, 1.165) is 10.9 Å². The number of carbonyl (C=O) groups excluding carboxylic acids is 1. The van der Waals surface area contributed by atoms with Crippen molar-refractivity contribution < 1.29 is 14.7 Å². The summed E-state index contributed by atoms with van der Waals surface area (Å²) in [4.78, 5) is 23.2. The Hall–Kier alpha value is -2.30. The molecular weight excluding hydrogens is 256 g/mol. The van der Waals surface area contributed by atoms with Gasteiger partial charge in [0.2, 0.25) is 0 Å². The van der Waals surface area contributed by atoms with Gasteiger partial charge in [-0.2, -0.15) is 0 Å². The Morgan fingerprint density at radius 2 is 1.95 bits per heavy atom. The van der Waals surface area contributed by atoms with Crippen molar-refractivity contribution in [1.29, 1.82) is 0 Å². The van der Waals surface area contributed by atoms with E-state index in [4.69, 9.17) is 5.11 Å². The zero-order chi connectivity index (χ0) is 14.9. The molecule has 1 aromatic heterocycles. The SMILES string of the molecule is CC(C)[C@@H](NC(=O)c1ccc2c(ccn2C)c1)C(=O)O. The number of hydrogen-bond acceptors (Lipinski definition) is 2. The van der Waals surface area contributed by atoms with Gasteiger partial charge in [-0.05, 0) is 30.2 Å². The number of rotatable bonds is 4. The molecule has 0 saturated carbocycles. The standard InChI is InChI=1S/C15H18N2O3/c1-9(2)13(15(19)20)16-14(18)11-4-5-12-10(8-11)6-7-17(12)3/h4-9,13H,1-3H3,(H,16,18)(H,19,20)/t13-/m1/s1. The Balaban J connectivity index is 2.24. The number of aromatic nitrogens is 1. The van der Waals surface area contributed by atoms with Gasteiger partial charge in [0.1, 0.15) is 6.04 Å². The van der Waals surface area contributed by atoms with Gasteiger partial charge < -0.3 is 15.0 Å². The minimum absolute atomic E-state index is 0.170. The van der Waals surface area contributed by atoms with Crippen LogP contribution in [0.25, 0.3) is 10.9 Å². The van der Waals surface area contributed by atoms with Gasteiger partial charge in [0.15, 0.2) is 0 Å². The van der Waals surface area contributed by atoms with Crippen LogP contribution in [-0.2, 0) is 11.8 Å². The summed E-state index contributed by atoms with van der Waals surface area (Å²) in [7, 11) is 1.93. The third-order valence-corrected chi connectivity index (χ3v) is 3.37. The molecule has 5 nitrogen and oxygen atoms in total. The Morgan fingerprint density at radius 3 is 2.55 bits per heavy atom. The number of hydrogen-bond donors (Lipinski definition) is 2. The topological polar surface area (TPSA) is 71.3 Å². The molecule has 0 unspecified atom stereocenters. The van der Waals surface area contributed by atoms with Crippen LogP contribution in [0.1, 0.15) is 24.2 Å². The summed E-state index contributed by atoms with van der Waals surface area (Å²) in [6.07, 6.45) is 1.92. The van der Waals surface area contributed by atoms with Crippen molar-refractivity contribution in [3.05, 3.63) is 36.0 Å². The first kappa shape index (κ1) is 14.1. The van der Waals surface area contributed by atoms with Crippen molar-refractivity contribution in [2.24, 2.45) is 13.0 Å². The first-order chi connectivity index (χ1) is 9.40. The van der Waals surface area contributed by atoms with Crippen LogP contribution >= 0.6 is 0 Å². The summed E-state index contributed by atoms with van der Waals surface area (Å²) in [5.74, 6) is -1.55. The second-order valence-corrected chi connectivity index (χ2v) is 5.23. The van der Waals surface area contributed by atoms with Crippen molar-refractivity contribution in [3.63, 3.8) is 0 Å². The average molecular weight is 274 g/mol. The summed E-state index contributed by atoms with van der Waals surface area (Å²) in [6, 6.07) is 6.37. The summed E-state index contributed by atoms with van der Waals surface area (Å²) in [5, 5.41) is 12.6. The van der Waals surface area contributed by atoms with Gasteiger partial charge >= 0.3 is 5.97 Å². The molecular formula is C15H18N2O3. The van der Waals surface area contributed by atoms with Crippen LogP contribution in [0.3, 0.4) is 0 Å². The fraction of sp³-hybridized carbons (Fsp3) is 0.333. The summed E-state index contributed by atoms with van der Waals surface area (Å²) in [6.45, 7) is 3.53. The van der Waals surface area contributed by atoms with Gasteiger partial charge in [-0.25, -0.2) is 4.79 Å². The lowest BCUT2D eigenvalue weighted by molar-refractivity contribution is -0.140. The minimum atomic E-state index is -1.02. The quantitative estimate of drug-likeness (QED) is 0.896. The molecule has 106 valence electrons. The van der Waals surface area contributed by atoms with Gasteiger partial charge in [-0.3, -0.25) is 4.79 Å². The normalized spacial score (nSPS) is 12.6. The highest BCUT2D eigenvalue weighted by atomic mass is 16.4. The zero-order valence-corrected chi connectivity index (χ0v) is 11.8. The minimum Gasteiger partial charge on any atom is -0.480 e. The monoisotopic (exact) mass is 274 g/mol. The lowest BCUT2D eigenvalue weighted by atomic mass is 10.0. The number of benzene rings is 1. The van der Waals surface area contributed by atoms with Crippen LogP contribution in [0.4, 0.5) is 0 Å². The van der Waals surface area contributed by atoms with Crippen LogP contribution in [0.5, 0.6) is 0 Å². The van der Waals surface area contributed by atoms with Crippen molar-refractivity contribution in [2.45, 2.75) is 19.9 Å². The van der Waals surface area contributed by atoms with Crippen LogP contribution < -0.4 is 5.32 Å². The largest absolute Gasteiger partial charge is 0.480 e. The number of aliphatic carboxylic acids is 1. The zero-order valence-electron chi connectivity index (χ0n) is 11.8. The summed E-state index contributed by atoms with van der Waals surface area (Å²) in [5.41, 5.74) is 1.50. The fourth-order valence-electron chi connectivity index (χ4n) is 2.16. The number of nitrogens with zero attached hydrogens (tertiary/aromatic N) is 1. The highest BCUT2D eigenvalue weighted by molar-refractivity contribution is 5.99. The predicted octanol–water partition coefficient (Wildman–Crippen LogP) is 2.02. The van der Waals surface area contributed by atoms with Gasteiger partial charge in [0.25, 0.3) is 5.91 Å². The van der Waals surface area contributed by atoms with E-state index in [0.29, 0.717) is 5.56 Å². The fourth-order valence-corrected chi connectivity index (χ4v) is 2.16. The second kappa shape index (κ2) is 5.36. The van der Waals surface area contributed by atoms with Crippen molar-refractivity contribution >= 4 is 22.8 Å². The summed E-state index contributed by atoms with van der Waals surface area (Å²) >= 11 is 0. The first-order valence-electron chi connectivity index (χ1n) is 6.49. The van der Waals surface area contributed by atoms with Crippen LogP contribution in [0, 0.1) is 5.92 Å². The highest BCUT2D eigenvalue weighted by Gasteiger charge is 2.23. The molecule has 1 aromatic carbocycles. The maximum absolute atomic E-state index is 12.1. The van der Waals surface area contributed by atoms with E-state index in [1.165, 1.54) is 0 Å². The van der Waals surface area contributed by atoms with Crippen LogP contribution in [0.2, 0.25) is 0 Å². The molecule has 0 aliphatic rings. The van der Waals surface area contributed by atoms with Crippen molar-refractivity contribution in [3.8, 4) is 0 Å². The molecule has 0 spiro atoms. The van der Waals surface area contributed by atoms with E-state index in [1.54, 1.807) is 26.0 Å². The molecule has 1 atom stereocenters. The molecule has 0 bridgehead atoms. The number of fused-ring (bicyclic) bond motifs is 1. The Kier molecular flexibility index (Phi) is 3.79. The number of carboxylic acid groups (broad SMARTS) is 1. The van der Waals surface area contributed by atoms with Crippen molar-refractivity contribution in [1.82, 2.24) is 9.88 Å². The van der Waals surface area contributed by atoms with E-state index >= 15 is 0 Å². The van der Waals surface area contributed by atoms with Gasteiger partial charge in [0.05, 0.1) is 0 Å². The number of nitrogens with one attached hydrogen (secondary N) is 1. The molecule has 0 saturated heterocycles. The van der Waals surface area contributed by atoms with Gasteiger partial charge in [-0.15, -0.1) is 0 Å².